The molecule has 0 bridgehead atoms. The predicted molar refractivity (Wildman–Crippen MR) is 51.5 cm³/mol. The Balaban J connectivity index is 2.28. The molecule has 0 spiro atoms. The highest BCUT2D eigenvalue weighted by atomic mass is 35.5. The number of hydrogen-bond acceptors (Lipinski definition) is 3. The van der Waals surface area contributed by atoms with Crippen molar-refractivity contribution in [2.24, 2.45) is 5.73 Å². The Morgan fingerprint density at radius 1 is 1.50 bits per heavy atom. The molecule has 1 aromatic rings. The summed E-state index contributed by atoms with van der Waals surface area (Å²) in [6.45, 7) is 0. The minimum absolute atomic E-state index is 0.169. The zero-order chi connectivity index (χ0) is 8.60. The van der Waals surface area contributed by atoms with Gasteiger partial charge in [0, 0.05) is 0 Å². The first kappa shape index (κ1) is 8.48. The molecule has 2 rings (SSSR count). The maximum atomic E-state index is 6.18. The molecule has 12 heavy (non-hydrogen) atoms. The van der Waals surface area contributed by atoms with Gasteiger partial charge in [-0.2, -0.15) is 0 Å². The molecule has 1 saturated carbocycles. The first-order valence-corrected chi connectivity index (χ1v) is 5.31. The van der Waals surface area contributed by atoms with Gasteiger partial charge in [0.25, 0.3) is 0 Å². The Morgan fingerprint density at radius 3 is 2.67 bits per heavy atom. The number of nitrogens with zero attached hydrogens (tertiary/aromatic N) is 1. The fourth-order valence-corrected chi connectivity index (χ4v) is 2.78. The van der Waals surface area contributed by atoms with Gasteiger partial charge in [0.1, 0.15) is 9.34 Å². The summed E-state index contributed by atoms with van der Waals surface area (Å²) in [5.74, 6) is 0. The van der Waals surface area contributed by atoms with E-state index < -0.39 is 0 Å². The fourth-order valence-electron chi connectivity index (χ4n) is 1.70. The zero-order valence-corrected chi connectivity index (χ0v) is 8.29. The molecule has 0 amide bonds. The van der Waals surface area contributed by atoms with Gasteiger partial charge in [-0.1, -0.05) is 24.4 Å². The molecule has 0 unspecified atom stereocenters. The highest BCUT2D eigenvalue weighted by molar-refractivity contribution is 7.15. The van der Waals surface area contributed by atoms with Crippen LogP contribution in [0.1, 0.15) is 30.7 Å². The molecule has 2 N–H and O–H groups in total. The van der Waals surface area contributed by atoms with E-state index in [1.165, 1.54) is 24.2 Å². The van der Waals surface area contributed by atoms with Crippen molar-refractivity contribution < 1.29 is 0 Å². The van der Waals surface area contributed by atoms with Crippen LogP contribution in [-0.4, -0.2) is 4.98 Å². The van der Waals surface area contributed by atoms with E-state index >= 15 is 0 Å². The summed E-state index contributed by atoms with van der Waals surface area (Å²) < 4.78 is 0.738. The quantitative estimate of drug-likeness (QED) is 0.760. The standard InChI is InChI=1S/C8H11ClN2S/c9-6-5-11-7(12-6)8(10)3-1-2-4-8/h5H,1-4,10H2. The molecule has 66 valence electrons. The molecule has 4 heteroatoms. The van der Waals surface area contributed by atoms with E-state index in [4.69, 9.17) is 17.3 Å². The van der Waals surface area contributed by atoms with Crippen molar-refractivity contribution in [1.82, 2.24) is 4.98 Å². The third-order valence-corrected chi connectivity index (χ3v) is 3.73. The van der Waals surface area contributed by atoms with Crippen LogP contribution in [0.3, 0.4) is 0 Å². The van der Waals surface area contributed by atoms with Crippen LogP contribution in [0.2, 0.25) is 4.34 Å². The molecule has 0 atom stereocenters. The Morgan fingerprint density at radius 2 is 2.17 bits per heavy atom. The second-order valence-corrected chi connectivity index (χ2v) is 4.99. The van der Waals surface area contributed by atoms with E-state index in [2.05, 4.69) is 4.98 Å². The number of hydrogen-bond donors (Lipinski definition) is 1. The Kier molecular flexibility index (Phi) is 2.10. The predicted octanol–water partition coefficient (Wildman–Crippen LogP) is 2.52. The number of aromatic nitrogens is 1. The topological polar surface area (TPSA) is 38.9 Å². The monoisotopic (exact) mass is 202 g/mol. The van der Waals surface area contributed by atoms with Gasteiger partial charge in [-0.3, -0.25) is 0 Å². The molecular formula is C8H11ClN2S. The first-order valence-electron chi connectivity index (χ1n) is 4.11. The van der Waals surface area contributed by atoms with Gasteiger partial charge in [-0.15, -0.1) is 11.3 Å². The van der Waals surface area contributed by atoms with Crippen molar-refractivity contribution in [2.75, 3.05) is 0 Å². The van der Waals surface area contributed by atoms with Gasteiger partial charge >= 0.3 is 0 Å². The van der Waals surface area contributed by atoms with Crippen molar-refractivity contribution in [1.29, 1.82) is 0 Å². The van der Waals surface area contributed by atoms with Crippen LogP contribution in [-0.2, 0) is 5.54 Å². The molecule has 1 aliphatic rings. The van der Waals surface area contributed by atoms with Crippen LogP contribution in [0, 0.1) is 0 Å². The maximum Gasteiger partial charge on any atom is 0.114 e. The maximum absolute atomic E-state index is 6.18. The van der Waals surface area contributed by atoms with Gasteiger partial charge in [-0.25, -0.2) is 4.98 Å². The summed E-state index contributed by atoms with van der Waals surface area (Å²) in [7, 11) is 0. The van der Waals surface area contributed by atoms with Crippen LogP contribution in [0.4, 0.5) is 0 Å². The van der Waals surface area contributed by atoms with Crippen LogP contribution < -0.4 is 5.73 Å². The molecule has 0 radical (unpaired) electrons. The van der Waals surface area contributed by atoms with E-state index in [0.717, 1.165) is 22.2 Å². The molecule has 1 aliphatic carbocycles. The van der Waals surface area contributed by atoms with Crippen molar-refractivity contribution in [3.63, 3.8) is 0 Å². The second-order valence-electron chi connectivity index (χ2n) is 3.33. The van der Waals surface area contributed by atoms with Gasteiger partial charge < -0.3 is 5.73 Å². The highest BCUT2D eigenvalue weighted by Gasteiger charge is 2.33. The summed E-state index contributed by atoms with van der Waals surface area (Å²) in [6.07, 6.45) is 6.23. The summed E-state index contributed by atoms with van der Waals surface area (Å²) in [5.41, 5.74) is 6.01. The summed E-state index contributed by atoms with van der Waals surface area (Å²) in [6, 6.07) is 0. The third kappa shape index (κ3) is 1.37. The summed E-state index contributed by atoms with van der Waals surface area (Å²) >= 11 is 7.31. The highest BCUT2D eigenvalue weighted by Crippen LogP contribution is 2.38. The lowest BCUT2D eigenvalue weighted by molar-refractivity contribution is 0.459. The summed E-state index contributed by atoms with van der Waals surface area (Å²) in [4.78, 5) is 4.23. The van der Waals surface area contributed by atoms with Gasteiger partial charge in [0.15, 0.2) is 0 Å². The Hall–Kier alpha value is -0.120. The number of nitrogens with two attached hydrogens (primary N) is 1. The minimum atomic E-state index is -0.169. The third-order valence-electron chi connectivity index (χ3n) is 2.40. The SMILES string of the molecule is NC1(c2ncc(Cl)s2)CCCC1. The minimum Gasteiger partial charge on any atom is -0.319 e. The molecule has 2 nitrogen and oxygen atoms in total. The average molecular weight is 203 g/mol. The lowest BCUT2D eigenvalue weighted by atomic mass is 10.0. The molecule has 0 aliphatic heterocycles. The molecular weight excluding hydrogens is 192 g/mol. The Labute approximate surface area is 80.8 Å². The summed E-state index contributed by atoms with van der Waals surface area (Å²) in [5, 5.41) is 1.00. The smallest absolute Gasteiger partial charge is 0.114 e. The van der Waals surface area contributed by atoms with E-state index in [1.807, 2.05) is 0 Å². The molecule has 1 fully saturated rings. The first-order chi connectivity index (χ1) is 5.71. The van der Waals surface area contributed by atoms with Crippen molar-refractivity contribution in [3.8, 4) is 0 Å². The molecule has 0 saturated heterocycles. The van der Waals surface area contributed by atoms with E-state index in [9.17, 15) is 0 Å². The fraction of sp³-hybridized carbons (Fsp3) is 0.625. The van der Waals surface area contributed by atoms with Crippen LogP contribution in [0.25, 0.3) is 0 Å². The van der Waals surface area contributed by atoms with Crippen molar-refractivity contribution in [3.05, 3.63) is 15.5 Å². The van der Waals surface area contributed by atoms with E-state index in [-0.39, 0.29) is 5.54 Å². The van der Waals surface area contributed by atoms with Crippen molar-refractivity contribution in [2.45, 2.75) is 31.2 Å². The second kappa shape index (κ2) is 2.98. The number of halogens is 1. The lowest BCUT2D eigenvalue weighted by Crippen LogP contribution is -2.32. The van der Waals surface area contributed by atoms with Gasteiger partial charge in [0.2, 0.25) is 0 Å². The average Bonchev–Trinajstić information content (AvgIpc) is 2.59. The van der Waals surface area contributed by atoms with Gasteiger partial charge in [0.05, 0.1) is 11.7 Å². The van der Waals surface area contributed by atoms with Crippen LogP contribution >= 0.6 is 22.9 Å². The largest absolute Gasteiger partial charge is 0.319 e. The molecule has 1 aromatic heterocycles. The van der Waals surface area contributed by atoms with Gasteiger partial charge in [-0.05, 0) is 12.8 Å². The number of thiazole rings is 1. The van der Waals surface area contributed by atoms with Crippen LogP contribution in [0.15, 0.2) is 6.20 Å². The van der Waals surface area contributed by atoms with E-state index in [0.29, 0.717) is 0 Å². The molecule has 1 heterocycles. The van der Waals surface area contributed by atoms with Crippen LogP contribution in [0.5, 0.6) is 0 Å². The Bertz CT molecular complexity index is 278. The number of rotatable bonds is 1. The normalized spacial score (nSPS) is 21.5. The van der Waals surface area contributed by atoms with Crippen molar-refractivity contribution >= 4 is 22.9 Å². The van der Waals surface area contributed by atoms with E-state index in [1.54, 1.807) is 6.20 Å². The lowest BCUT2D eigenvalue weighted by Gasteiger charge is -2.19. The zero-order valence-electron chi connectivity index (χ0n) is 6.72. The molecule has 0 aromatic carbocycles.